The summed E-state index contributed by atoms with van der Waals surface area (Å²) in [6, 6.07) is 10.0. The van der Waals surface area contributed by atoms with Crippen molar-refractivity contribution in [2.75, 3.05) is 17.5 Å². The van der Waals surface area contributed by atoms with Crippen LogP contribution < -0.4 is 9.64 Å². The highest BCUT2D eigenvalue weighted by molar-refractivity contribution is 9.09. The largest absolute Gasteiger partial charge is 0.504 e. The molecule has 0 bridgehead atoms. The number of carboxylic acid groups (broad SMARTS) is 1. The molecule has 2 aliphatic carbocycles. The van der Waals surface area contributed by atoms with Crippen molar-refractivity contribution < 1.29 is 38.9 Å². The third kappa shape index (κ3) is 3.66. The monoisotopic (exact) mass is 676 g/mol. The SMILES string of the molecule is COc1ccc(C2C3=CCC4C(=O)N(c5cccc(C(=O)O)c5)C(=O)C4C3CC3(Cl)C(=O)N(CBr)C(=O)C23Cl)cc1O. The van der Waals surface area contributed by atoms with Gasteiger partial charge in [-0.1, -0.05) is 39.7 Å². The molecule has 2 aromatic carbocycles. The summed E-state index contributed by atoms with van der Waals surface area (Å²) in [5.74, 6) is -7.31. The van der Waals surface area contributed by atoms with Gasteiger partial charge in [0, 0.05) is 5.92 Å². The van der Waals surface area contributed by atoms with Gasteiger partial charge in [-0.15, -0.1) is 23.2 Å². The number of likely N-dealkylation sites (tertiary alicyclic amines) is 1. The summed E-state index contributed by atoms with van der Waals surface area (Å²) in [6.07, 6.45) is 1.72. The van der Waals surface area contributed by atoms with E-state index in [2.05, 4.69) is 15.9 Å². The van der Waals surface area contributed by atoms with E-state index >= 15 is 0 Å². The lowest BCUT2D eigenvalue weighted by molar-refractivity contribution is -0.138. The number of allylic oxidation sites excluding steroid dienone is 2. The number of methoxy groups -OCH3 is 1. The number of benzene rings is 2. The number of phenolic OH excluding ortho intramolecular Hbond substituents is 1. The minimum Gasteiger partial charge on any atom is -0.504 e. The van der Waals surface area contributed by atoms with Gasteiger partial charge < -0.3 is 14.9 Å². The Hall–Kier alpha value is -3.41. The van der Waals surface area contributed by atoms with Crippen molar-refractivity contribution in [3.8, 4) is 11.5 Å². The van der Waals surface area contributed by atoms with Crippen molar-refractivity contribution in [1.29, 1.82) is 0 Å². The number of nitrogens with zero attached hydrogens (tertiary/aromatic N) is 2. The zero-order valence-electron chi connectivity index (χ0n) is 21.9. The van der Waals surface area contributed by atoms with Gasteiger partial charge in [0.05, 0.1) is 35.7 Å². The molecule has 6 unspecified atom stereocenters. The Kier molecular flexibility index (Phi) is 6.71. The lowest BCUT2D eigenvalue weighted by Crippen LogP contribution is -2.60. The summed E-state index contributed by atoms with van der Waals surface area (Å²) >= 11 is 17.5. The molecule has 42 heavy (non-hydrogen) atoms. The maximum absolute atomic E-state index is 14.0. The maximum Gasteiger partial charge on any atom is 0.335 e. The molecule has 13 heteroatoms. The number of hydrogen-bond donors (Lipinski definition) is 2. The van der Waals surface area contributed by atoms with Gasteiger partial charge in [0.15, 0.2) is 21.2 Å². The summed E-state index contributed by atoms with van der Waals surface area (Å²) in [6.45, 7) is 0. The first kappa shape index (κ1) is 28.7. The fourth-order valence-corrected chi connectivity index (χ4v) is 8.47. The third-order valence-electron chi connectivity index (χ3n) is 8.90. The Morgan fingerprint density at radius 3 is 2.45 bits per heavy atom. The zero-order valence-corrected chi connectivity index (χ0v) is 25.0. The molecule has 0 radical (unpaired) electrons. The second kappa shape index (κ2) is 9.82. The molecule has 6 rings (SSSR count). The van der Waals surface area contributed by atoms with Crippen LogP contribution in [-0.2, 0) is 19.2 Å². The highest BCUT2D eigenvalue weighted by Crippen LogP contribution is 2.65. The number of anilines is 1. The van der Waals surface area contributed by atoms with Crippen LogP contribution >= 0.6 is 39.1 Å². The lowest BCUT2D eigenvalue weighted by atomic mass is 9.56. The number of aromatic carboxylic acids is 1. The summed E-state index contributed by atoms with van der Waals surface area (Å²) in [5, 5.41) is 20.1. The lowest BCUT2D eigenvalue weighted by Gasteiger charge is -2.50. The standard InChI is InChI=1S/C29H23BrCl2N2O8/c1-42-20-8-5-13(10-19(20)35)22-16-6-7-17-21(18(16)11-28(31)26(40)33(12-30)27(41)29(22,28)32)24(37)34(23(17)36)15-4-2-3-14(9-15)25(38)39/h2-6,8-10,17-18,21-22,35H,7,11-12H2,1H3,(H,38,39). The Morgan fingerprint density at radius 1 is 1.07 bits per heavy atom. The van der Waals surface area contributed by atoms with Gasteiger partial charge >= 0.3 is 5.97 Å². The van der Waals surface area contributed by atoms with Gasteiger partial charge in [0.25, 0.3) is 11.8 Å². The number of imide groups is 2. The van der Waals surface area contributed by atoms with E-state index in [1.165, 1.54) is 43.5 Å². The molecule has 2 aliphatic heterocycles. The van der Waals surface area contributed by atoms with Crippen LogP contribution in [-0.4, -0.2) is 67.0 Å². The van der Waals surface area contributed by atoms with Crippen molar-refractivity contribution in [2.24, 2.45) is 17.8 Å². The van der Waals surface area contributed by atoms with E-state index in [0.29, 0.717) is 11.1 Å². The van der Waals surface area contributed by atoms with E-state index in [1.807, 2.05) is 0 Å². The van der Waals surface area contributed by atoms with E-state index < -0.39 is 63.0 Å². The molecule has 218 valence electrons. The van der Waals surface area contributed by atoms with Crippen molar-refractivity contribution >= 4 is 74.4 Å². The number of aromatic hydroxyl groups is 1. The van der Waals surface area contributed by atoms with Crippen LogP contribution in [0.15, 0.2) is 54.1 Å². The number of rotatable bonds is 5. The highest BCUT2D eigenvalue weighted by Gasteiger charge is 2.76. The first-order chi connectivity index (χ1) is 19.9. The second-order valence-corrected chi connectivity index (χ2v) is 12.5. The number of halogens is 3. The molecule has 0 aromatic heterocycles. The minimum absolute atomic E-state index is 0.0876. The van der Waals surface area contributed by atoms with Crippen molar-refractivity contribution in [3.05, 3.63) is 65.2 Å². The third-order valence-corrected chi connectivity index (χ3v) is 10.8. The molecule has 3 fully saturated rings. The van der Waals surface area contributed by atoms with Gasteiger partial charge in [-0.3, -0.25) is 29.0 Å². The zero-order chi connectivity index (χ0) is 30.3. The predicted molar refractivity (Wildman–Crippen MR) is 154 cm³/mol. The van der Waals surface area contributed by atoms with Gasteiger partial charge in [-0.25, -0.2) is 4.79 Å². The minimum atomic E-state index is -2.00. The Labute approximate surface area is 257 Å². The highest BCUT2D eigenvalue weighted by atomic mass is 79.9. The predicted octanol–water partition coefficient (Wildman–Crippen LogP) is 4.01. The van der Waals surface area contributed by atoms with Crippen LogP contribution in [0.5, 0.6) is 11.5 Å². The first-order valence-corrected chi connectivity index (χ1v) is 14.9. The Morgan fingerprint density at radius 2 is 1.81 bits per heavy atom. The number of ether oxygens (including phenoxy) is 1. The molecule has 2 N–H and O–H groups in total. The van der Waals surface area contributed by atoms with Crippen molar-refractivity contribution in [2.45, 2.75) is 28.5 Å². The fraction of sp³-hybridized carbons (Fsp3) is 0.345. The smallest absolute Gasteiger partial charge is 0.335 e. The normalized spacial score (nSPS) is 32.0. The molecule has 6 atom stereocenters. The summed E-state index contributed by atoms with van der Waals surface area (Å²) in [7, 11) is 1.38. The number of carboxylic acids is 1. The van der Waals surface area contributed by atoms with Gasteiger partial charge in [0.2, 0.25) is 11.8 Å². The van der Waals surface area contributed by atoms with E-state index in [9.17, 15) is 34.2 Å². The molecule has 10 nitrogen and oxygen atoms in total. The van der Waals surface area contributed by atoms with Gasteiger partial charge in [-0.2, -0.15) is 0 Å². The fourth-order valence-electron chi connectivity index (χ4n) is 7.05. The van der Waals surface area contributed by atoms with Crippen molar-refractivity contribution in [1.82, 2.24) is 4.90 Å². The average Bonchev–Trinajstić information content (AvgIpc) is 3.30. The molecular formula is C29H23BrCl2N2O8. The van der Waals surface area contributed by atoms with Crippen LogP contribution in [0.1, 0.15) is 34.7 Å². The van der Waals surface area contributed by atoms with Gasteiger partial charge in [-0.05, 0) is 54.7 Å². The van der Waals surface area contributed by atoms with E-state index in [0.717, 1.165) is 9.80 Å². The van der Waals surface area contributed by atoms with E-state index in [1.54, 1.807) is 12.1 Å². The molecule has 1 saturated carbocycles. The second-order valence-electron chi connectivity index (χ2n) is 10.8. The summed E-state index contributed by atoms with van der Waals surface area (Å²) in [4.78, 5) is 64.7. The molecule has 4 amide bonds. The number of phenols is 1. The quantitative estimate of drug-likeness (QED) is 0.209. The number of amides is 4. The van der Waals surface area contributed by atoms with Crippen LogP contribution in [0.3, 0.4) is 0 Å². The number of carbonyl (C=O) groups excluding carboxylic acids is 4. The summed E-state index contributed by atoms with van der Waals surface area (Å²) in [5.41, 5.74) is 0.818. The molecule has 2 saturated heterocycles. The number of fused-ring (bicyclic) bond motifs is 4. The average molecular weight is 678 g/mol. The molecule has 4 aliphatic rings. The Balaban J connectivity index is 1.51. The topological polar surface area (TPSA) is 142 Å². The van der Waals surface area contributed by atoms with Crippen LogP contribution in [0, 0.1) is 17.8 Å². The summed E-state index contributed by atoms with van der Waals surface area (Å²) < 4.78 is 5.17. The molecule has 0 spiro atoms. The van der Waals surface area contributed by atoms with Gasteiger partial charge in [0.1, 0.15) is 0 Å². The van der Waals surface area contributed by atoms with E-state index in [4.69, 9.17) is 27.9 Å². The van der Waals surface area contributed by atoms with E-state index in [-0.39, 0.29) is 41.0 Å². The van der Waals surface area contributed by atoms with Crippen molar-refractivity contribution in [3.63, 3.8) is 0 Å². The van der Waals surface area contributed by atoms with Crippen LogP contribution in [0.25, 0.3) is 0 Å². The van der Waals surface area contributed by atoms with Crippen LogP contribution in [0.4, 0.5) is 5.69 Å². The maximum atomic E-state index is 14.0. The Bertz CT molecular complexity index is 1630. The molecular weight excluding hydrogens is 655 g/mol. The number of hydrogen-bond acceptors (Lipinski definition) is 7. The number of carbonyl (C=O) groups is 5. The molecule has 2 aromatic rings. The molecule has 2 heterocycles. The van der Waals surface area contributed by atoms with Crippen LogP contribution in [0.2, 0.25) is 0 Å². The number of alkyl halides is 3. The first-order valence-electron chi connectivity index (χ1n) is 13.0.